The Labute approximate surface area is 111 Å². The maximum absolute atomic E-state index is 9.72. The Kier molecular flexibility index (Phi) is 4.83. The van der Waals surface area contributed by atoms with E-state index in [2.05, 4.69) is 20.8 Å². The molecule has 1 N–H and O–H groups in total. The van der Waals surface area contributed by atoms with Crippen molar-refractivity contribution >= 4 is 15.9 Å². The van der Waals surface area contributed by atoms with Crippen LogP contribution in [0.15, 0.2) is 22.7 Å². The zero-order chi connectivity index (χ0) is 12.1. The van der Waals surface area contributed by atoms with Crippen molar-refractivity contribution in [1.29, 1.82) is 0 Å². The molecule has 1 aromatic rings. The van der Waals surface area contributed by atoms with Gasteiger partial charge in [0.1, 0.15) is 5.75 Å². The van der Waals surface area contributed by atoms with Crippen molar-refractivity contribution in [1.82, 2.24) is 4.90 Å². The second-order valence-electron chi connectivity index (χ2n) is 4.33. The van der Waals surface area contributed by atoms with Crippen LogP contribution in [0.4, 0.5) is 0 Å². The number of ether oxygens (including phenoxy) is 1. The third-order valence-electron chi connectivity index (χ3n) is 3.07. The highest BCUT2D eigenvalue weighted by Crippen LogP contribution is 2.23. The van der Waals surface area contributed by atoms with E-state index in [0.717, 1.165) is 55.7 Å². The van der Waals surface area contributed by atoms with Crippen molar-refractivity contribution in [2.24, 2.45) is 0 Å². The van der Waals surface area contributed by atoms with Crippen LogP contribution in [-0.4, -0.2) is 42.9 Å². The van der Waals surface area contributed by atoms with Crippen molar-refractivity contribution in [3.05, 3.63) is 28.2 Å². The third kappa shape index (κ3) is 3.98. The Morgan fingerprint density at radius 3 is 2.82 bits per heavy atom. The largest absolute Gasteiger partial charge is 0.508 e. The van der Waals surface area contributed by atoms with Crippen LogP contribution >= 0.6 is 15.9 Å². The SMILES string of the molecule is Oc1ccc(Br)cc1CCCN1CCOCC1. The van der Waals surface area contributed by atoms with Gasteiger partial charge in [0.25, 0.3) is 0 Å². The van der Waals surface area contributed by atoms with Crippen LogP contribution in [-0.2, 0) is 11.2 Å². The van der Waals surface area contributed by atoms with Gasteiger partial charge in [0.15, 0.2) is 0 Å². The summed E-state index contributed by atoms with van der Waals surface area (Å²) < 4.78 is 6.34. The summed E-state index contributed by atoms with van der Waals surface area (Å²) in [6.45, 7) is 4.84. The lowest BCUT2D eigenvalue weighted by atomic mass is 10.1. The first-order valence-corrected chi connectivity index (χ1v) is 6.82. The standard InChI is InChI=1S/C13H18BrNO2/c14-12-3-4-13(16)11(10-12)2-1-5-15-6-8-17-9-7-15/h3-4,10,16H,1-2,5-9H2. The lowest BCUT2D eigenvalue weighted by Gasteiger charge is -2.26. The van der Waals surface area contributed by atoms with E-state index in [-0.39, 0.29) is 0 Å². The minimum absolute atomic E-state index is 0.398. The van der Waals surface area contributed by atoms with Gasteiger partial charge in [0, 0.05) is 17.6 Å². The minimum atomic E-state index is 0.398. The first-order valence-electron chi connectivity index (χ1n) is 6.03. The molecule has 0 amide bonds. The molecule has 17 heavy (non-hydrogen) atoms. The summed E-state index contributed by atoms with van der Waals surface area (Å²) in [6, 6.07) is 5.60. The number of phenolic OH excluding ortho intramolecular Hbond substituents is 1. The first-order chi connectivity index (χ1) is 8.25. The number of benzene rings is 1. The summed E-state index contributed by atoms with van der Waals surface area (Å²) in [5.74, 6) is 0.398. The van der Waals surface area contributed by atoms with Gasteiger partial charge in [-0.2, -0.15) is 0 Å². The monoisotopic (exact) mass is 299 g/mol. The van der Waals surface area contributed by atoms with E-state index in [4.69, 9.17) is 4.74 Å². The van der Waals surface area contributed by atoms with Gasteiger partial charge in [-0.3, -0.25) is 4.90 Å². The number of nitrogens with zero attached hydrogens (tertiary/aromatic N) is 1. The molecular formula is C13H18BrNO2. The second kappa shape index (κ2) is 6.38. The van der Waals surface area contributed by atoms with Gasteiger partial charge in [-0.15, -0.1) is 0 Å². The molecule has 0 radical (unpaired) electrons. The number of hydrogen-bond donors (Lipinski definition) is 1. The van der Waals surface area contributed by atoms with Crippen LogP contribution in [0.25, 0.3) is 0 Å². The van der Waals surface area contributed by atoms with E-state index in [0.29, 0.717) is 5.75 Å². The van der Waals surface area contributed by atoms with Crippen molar-refractivity contribution in [2.45, 2.75) is 12.8 Å². The summed E-state index contributed by atoms with van der Waals surface area (Å²) in [5, 5.41) is 9.72. The predicted octanol–water partition coefficient (Wildman–Crippen LogP) is 2.42. The first kappa shape index (κ1) is 12.9. The molecule has 1 aliphatic rings. The molecule has 1 saturated heterocycles. The molecule has 1 fully saturated rings. The number of aromatic hydroxyl groups is 1. The Morgan fingerprint density at radius 1 is 1.29 bits per heavy atom. The summed E-state index contributed by atoms with van der Waals surface area (Å²) in [4.78, 5) is 2.42. The molecule has 0 bridgehead atoms. The molecule has 2 rings (SSSR count). The molecular weight excluding hydrogens is 282 g/mol. The van der Waals surface area contributed by atoms with Crippen LogP contribution < -0.4 is 0 Å². The maximum atomic E-state index is 9.72. The third-order valence-corrected chi connectivity index (χ3v) is 3.56. The highest BCUT2D eigenvalue weighted by Gasteiger charge is 2.10. The zero-order valence-electron chi connectivity index (χ0n) is 9.86. The molecule has 0 aromatic heterocycles. The lowest BCUT2D eigenvalue weighted by Crippen LogP contribution is -2.36. The number of hydrogen-bond acceptors (Lipinski definition) is 3. The predicted molar refractivity (Wildman–Crippen MR) is 71.4 cm³/mol. The van der Waals surface area contributed by atoms with E-state index < -0.39 is 0 Å². The number of phenols is 1. The topological polar surface area (TPSA) is 32.7 Å². The molecule has 3 nitrogen and oxygen atoms in total. The van der Waals surface area contributed by atoms with Crippen LogP contribution in [0.5, 0.6) is 5.75 Å². The van der Waals surface area contributed by atoms with Crippen LogP contribution in [0.3, 0.4) is 0 Å². The average Bonchev–Trinajstić information content (AvgIpc) is 2.35. The van der Waals surface area contributed by atoms with E-state index in [1.54, 1.807) is 6.07 Å². The molecule has 94 valence electrons. The average molecular weight is 300 g/mol. The van der Waals surface area contributed by atoms with Gasteiger partial charge in [0.2, 0.25) is 0 Å². The molecule has 4 heteroatoms. The molecule has 0 spiro atoms. The van der Waals surface area contributed by atoms with Crippen molar-refractivity contribution in [3.63, 3.8) is 0 Å². The van der Waals surface area contributed by atoms with Gasteiger partial charge in [-0.1, -0.05) is 15.9 Å². The fourth-order valence-electron chi connectivity index (χ4n) is 2.07. The van der Waals surface area contributed by atoms with Crippen molar-refractivity contribution in [3.8, 4) is 5.75 Å². The molecule has 1 aromatic carbocycles. The molecule has 0 unspecified atom stereocenters. The van der Waals surface area contributed by atoms with Crippen molar-refractivity contribution in [2.75, 3.05) is 32.8 Å². The van der Waals surface area contributed by atoms with E-state index in [9.17, 15) is 5.11 Å². The smallest absolute Gasteiger partial charge is 0.118 e. The van der Waals surface area contributed by atoms with Crippen molar-refractivity contribution < 1.29 is 9.84 Å². The number of morpholine rings is 1. The van der Waals surface area contributed by atoms with Gasteiger partial charge < -0.3 is 9.84 Å². The lowest BCUT2D eigenvalue weighted by molar-refractivity contribution is 0.0374. The Hall–Kier alpha value is -0.580. The molecule has 1 aliphatic heterocycles. The van der Waals surface area contributed by atoms with Gasteiger partial charge in [-0.05, 0) is 43.1 Å². The van der Waals surface area contributed by atoms with Crippen LogP contribution in [0.2, 0.25) is 0 Å². The Morgan fingerprint density at radius 2 is 2.06 bits per heavy atom. The minimum Gasteiger partial charge on any atom is -0.508 e. The number of rotatable bonds is 4. The Bertz CT molecular complexity index is 364. The fourth-order valence-corrected chi connectivity index (χ4v) is 2.48. The maximum Gasteiger partial charge on any atom is 0.118 e. The highest BCUT2D eigenvalue weighted by molar-refractivity contribution is 9.10. The van der Waals surface area contributed by atoms with Gasteiger partial charge in [0.05, 0.1) is 13.2 Å². The quantitative estimate of drug-likeness (QED) is 0.927. The van der Waals surface area contributed by atoms with E-state index in [1.807, 2.05) is 12.1 Å². The highest BCUT2D eigenvalue weighted by atomic mass is 79.9. The summed E-state index contributed by atoms with van der Waals surface area (Å²) in [7, 11) is 0. The molecule has 0 aliphatic carbocycles. The van der Waals surface area contributed by atoms with Gasteiger partial charge >= 0.3 is 0 Å². The summed E-state index contributed by atoms with van der Waals surface area (Å²) in [6.07, 6.45) is 1.99. The summed E-state index contributed by atoms with van der Waals surface area (Å²) >= 11 is 3.43. The molecule has 0 saturated carbocycles. The normalized spacial score (nSPS) is 17.2. The fraction of sp³-hybridized carbons (Fsp3) is 0.538. The van der Waals surface area contributed by atoms with Gasteiger partial charge in [-0.25, -0.2) is 0 Å². The van der Waals surface area contributed by atoms with Crippen LogP contribution in [0, 0.1) is 0 Å². The number of aryl methyl sites for hydroxylation is 1. The molecule has 1 heterocycles. The second-order valence-corrected chi connectivity index (χ2v) is 5.25. The number of halogens is 1. The van der Waals surface area contributed by atoms with E-state index >= 15 is 0 Å². The van der Waals surface area contributed by atoms with Crippen LogP contribution in [0.1, 0.15) is 12.0 Å². The Balaban J connectivity index is 1.79. The van der Waals surface area contributed by atoms with E-state index in [1.165, 1.54) is 0 Å². The molecule has 0 atom stereocenters. The summed E-state index contributed by atoms with van der Waals surface area (Å²) in [5.41, 5.74) is 1.02. The zero-order valence-corrected chi connectivity index (χ0v) is 11.4.